The molecule has 22 heavy (non-hydrogen) atoms. The Morgan fingerprint density at radius 3 is 2.45 bits per heavy atom. The average molecular weight is 453 g/mol. The van der Waals surface area contributed by atoms with Crippen LogP contribution in [0.4, 0.5) is 0 Å². The Balaban J connectivity index is 2.15. The molecular formula is C15H20BrNO3SSe. The van der Waals surface area contributed by atoms with Crippen molar-refractivity contribution in [3.05, 3.63) is 19.9 Å². The molecule has 4 nitrogen and oxygen atoms in total. The quantitative estimate of drug-likeness (QED) is 0.433. The van der Waals surface area contributed by atoms with Crippen LogP contribution in [-0.2, 0) is 16.0 Å². The molecule has 0 aliphatic carbocycles. The third-order valence-corrected chi connectivity index (χ3v) is 8.94. The number of fused-ring (bicyclic) bond motifs is 1. The molecule has 0 unspecified atom stereocenters. The number of hydrogen-bond donors (Lipinski definition) is 0. The number of carbonyl (C=O) groups is 1. The Morgan fingerprint density at radius 1 is 1.32 bits per heavy atom. The zero-order valence-corrected chi connectivity index (χ0v) is 17.1. The summed E-state index contributed by atoms with van der Waals surface area (Å²) in [5.74, 6) is 0.152. The van der Waals surface area contributed by atoms with Crippen LogP contribution < -0.4 is 0 Å². The average Bonchev–Trinajstić information content (AvgIpc) is 3.02. The van der Waals surface area contributed by atoms with Gasteiger partial charge < -0.3 is 0 Å². The van der Waals surface area contributed by atoms with Crippen LogP contribution in [-0.4, -0.2) is 65.7 Å². The molecule has 2 aromatic heterocycles. The molecule has 0 bridgehead atoms. The van der Waals surface area contributed by atoms with E-state index in [0.29, 0.717) is 0 Å². The summed E-state index contributed by atoms with van der Waals surface area (Å²) in [4.78, 5) is 14.7. The molecule has 0 saturated carbocycles. The number of nitrogens with zero attached hydrogens (tertiary/aromatic N) is 1. The summed E-state index contributed by atoms with van der Waals surface area (Å²) in [5, 5.41) is 0. The van der Waals surface area contributed by atoms with E-state index >= 15 is 0 Å². The van der Waals surface area contributed by atoms with Crippen molar-refractivity contribution < 1.29 is 14.3 Å². The summed E-state index contributed by atoms with van der Waals surface area (Å²) in [7, 11) is 3.45. The fourth-order valence-electron chi connectivity index (χ4n) is 2.10. The minimum absolute atomic E-state index is 0.152. The number of halogens is 1. The molecule has 0 aliphatic heterocycles. The Labute approximate surface area is 149 Å². The third kappa shape index (κ3) is 4.51. The SMILES string of the molecule is COCCN(CCOC)Cc1[se]c2cc(C(C)=O)sc2c1Br. The Morgan fingerprint density at radius 2 is 1.95 bits per heavy atom. The van der Waals surface area contributed by atoms with Gasteiger partial charge in [0.05, 0.1) is 0 Å². The number of carbonyl (C=O) groups excluding carboxylic acids is 1. The van der Waals surface area contributed by atoms with Gasteiger partial charge in [0.2, 0.25) is 0 Å². The second kappa shape index (κ2) is 8.73. The monoisotopic (exact) mass is 453 g/mol. The van der Waals surface area contributed by atoms with E-state index in [-0.39, 0.29) is 20.3 Å². The molecule has 0 aliphatic rings. The molecule has 0 radical (unpaired) electrons. The fourth-order valence-corrected chi connectivity index (χ4v) is 7.36. The third-order valence-electron chi connectivity index (χ3n) is 3.31. The van der Waals surface area contributed by atoms with Crippen LogP contribution in [0.5, 0.6) is 0 Å². The van der Waals surface area contributed by atoms with Gasteiger partial charge in [-0.3, -0.25) is 0 Å². The van der Waals surface area contributed by atoms with Crippen LogP contribution in [0.3, 0.4) is 0 Å². The van der Waals surface area contributed by atoms with Crippen molar-refractivity contribution in [2.75, 3.05) is 40.5 Å². The van der Waals surface area contributed by atoms with Crippen molar-refractivity contribution in [2.24, 2.45) is 0 Å². The second-order valence-corrected chi connectivity index (χ2v) is 9.19. The van der Waals surface area contributed by atoms with E-state index in [2.05, 4.69) is 26.9 Å². The molecule has 7 heteroatoms. The summed E-state index contributed by atoms with van der Waals surface area (Å²) in [5.41, 5.74) is 0. The van der Waals surface area contributed by atoms with Crippen molar-refractivity contribution in [3.8, 4) is 0 Å². The Bertz CT molecular complexity index is 632. The zero-order chi connectivity index (χ0) is 16.1. The summed E-state index contributed by atoms with van der Waals surface area (Å²) in [6.45, 7) is 5.78. The summed E-state index contributed by atoms with van der Waals surface area (Å²) < 4.78 is 15.5. The van der Waals surface area contributed by atoms with Gasteiger partial charge in [0.25, 0.3) is 0 Å². The molecule has 0 spiro atoms. The van der Waals surface area contributed by atoms with Gasteiger partial charge in [-0.2, -0.15) is 0 Å². The van der Waals surface area contributed by atoms with Gasteiger partial charge in [-0.15, -0.1) is 0 Å². The first kappa shape index (κ1) is 18.3. The van der Waals surface area contributed by atoms with Gasteiger partial charge in [-0.05, 0) is 0 Å². The molecule has 0 fully saturated rings. The number of rotatable bonds is 9. The molecule has 0 amide bonds. The first-order chi connectivity index (χ1) is 10.6. The van der Waals surface area contributed by atoms with E-state index in [1.54, 1.807) is 32.5 Å². The van der Waals surface area contributed by atoms with Crippen molar-refractivity contribution in [2.45, 2.75) is 13.5 Å². The van der Waals surface area contributed by atoms with Crippen LogP contribution in [0.15, 0.2) is 10.5 Å². The summed E-state index contributed by atoms with van der Waals surface area (Å²) >= 11 is 5.62. The standard InChI is InChI=1S/C15H20BrNO3SSe/c1-10(18)11-8-12-15(21-11)14(16)13(22-12)9-17(4-6-19-2)5-7-20-3/h8H,4-7,9H2,1-3H3. The Kier molecular flexibility index (Phi) is 7.28. The van der Waals surface area contributed by atoms with Gasteiger partial charge in [-0.1, -0.05) is 0 Å². The van der Waals surface area contributed by atoms with Gasteiger partial charge in [0.15, 0.2) is 0 Å². The maximum absolute atomic E-state index is 11.5. The van der Waals surface area contributed by atoms with Crippen molar-refractivity contribution in [3.63, 3.8) is 0 Å². The van der Waals surface area contributed by atoms with Crippen molar-refractivity contribution in [1.29, 1.82) is 0 Å². The molecule has 0 saturated heterocycles. The number of Topliss-reactive ketones (excluding diaryl/α,β-unsaturated/α-hetero) is 1. The van der Waals surface area contributed by atoms with E-state index in [4.69, 9.17) is 9.47 Å². The number of thiophene rings is 1. The van der Waals surface area contributed by atoms with E-state index in [1.807, 2.05) is 0 Å². The predicted octanol–water partition coefficient (Wildman–Crippen LogP) is 3.02. The summed E-state index contributed by atoms with van der Waals surface area (Å²) in [6.07, 6.45) is 0. The molecule has 0 N–H and O–H groups in total. The Hall–Kier alpha value is -0.0105. The van der Waals surface area contributed by atoms with Crippen LogP contribution in [0, 0.1) is 0 Å². The molecule has 2 aromatic rings. The first-order valence-corrected chi connectivity index (χ1v) is 10.3. The number of ketones is 1. The van der Waals surface area contributed by atoms with Crippen LogP contribution in [0.1, 0.15) is 21.0 Å². The van der Waals surface area contributed by atoms with Crippen molar-refractivity contribution >= 4 is 56.5 Å². The first-order valence-electron chi connectivity index (χ1n) is 6.98. The molecule has 0 aromatic carbocycles. The van der Waals surface area contributed by atoms with E-state index in [1.165, 1.54) is 17.9 Å². The number of methoxy groups -OCH3 is 2. The fraction of sp³-hybridized carbons (Fsp3) is 0.533. The van der Waals surface area contributed by atoms with Crippen LogP contribution in [0.2, 0.25) is 0 Å². The second-order valence-electron chi connectivity index (χ2n) is 4.96. The van der Waals surface area contributed by atoms with E-state index < -0.39 is 0 Å². The number of ether oxygens (including phenoxy) is 2. The minimum atomic E-state index is 0.152. The van der Waals surface area contributed by atoms with Crippen LogP contribution >= 0.6 is 27.3 Å². The van der Waals surface area contributed by atoms with Crippen LogP contribution in [0.25, 0.3) is 8.96 Å². The zero-order valence-electron chi connectivity index (χ0n) is 13.0. The van der Waals surface area contributed by atoms with Gasteiger partial charge >= 0.3 is 150 Å². The summed E-state index contributed by atoms with van der Waals surface area (Å²) in [6, 6.07) is 2.06. The number of hydrogen-bond acceptors (Lipinski definition) is 5. The van der Waals surface area contributed by atoms with Gasteiger partial charge in [0, 0.05) is 0 Å². The maximum atomic E-state index is 11.5. The predicted molar refractivity (Wildman–Crippen MR) is 95.5 cm³/mol. The van der Waals surface area contributed by atoms with Gasteiger partial charge in [-0.25, -0.2) is 0 Å². The molecule has 2 rings (SSSR count). The topological polar surface area (TPSA) is 38.8 Å². The molecule has 0 atom stereocenters. The van der Waals surface area contributed by atoms with E-state index in [9.17, 15) is 4.79 Å². The molecule has 2 heterocycles. The molecular weight excluding hydrogens is 433 g/mol. The molecule has 122 valence electrons. The van der Waals surface area contributed by atoms with E-state index in [0.717, 1.165) is 37.7 Å². The van der Waals surface area contributed by atoms with Crippen molar-refractivity contribution in [1.82, 2.24) is 4.90 Å². The normalized spacial score (nSPS) is 11.7. The van der Waals surface area contributed by atoms with Gasteiger partial charge in [0.1, 0.15) is 0 Å².